The van der Waals surface area contributed by atoms with Crippen LogP contribution in [0.25, 0.3) is 0 Å². The average molecular weight is 462 g/mol. The second kappa shape index (κ2) is 9.30. The third-order valence-corrected chi connectivity index (χ3v) is 8.56. The van der Waals surface area contributed by atoms with Crippen LogP contribution in [0.2, 0.25) is 0 Å². The molecule has 168 valence electrons. The number of carbonyl (C=O) groups excluding carboxylic acids is 1. The Labute approximate surface area is 189 Å². The fourth-order valence-electron chi connectivity index (χ4n) is 4.57. The predicted octanol–water partition coefficient (Wildman–Crippen LogP) is 3.66. The zero-order valence-corrected chi connectivity index (χ0v) is 19.8. The number of fused-ring (bicyclic) bond motifs is 1. The molecule has 1 aromatic carbocycles. The van der Waals surface area contributed by atoms with Gasteiger partial charge in [0.1, 0.15) is 0 Å². The number of hydrogen-bond acceptors (Lipinski definition) is 5. The Kier molecular flexibility index (Phi) is 6.69. The summed E-state index contributed by atoms with van der Waals surface area (Å²) in [5.74, 6) is 0.656. The number of thiophene rings is 1. The standard InChI is InChI=1S/C23H31N3O3S2/c1-17-9-12-25(13-10-17)21(22-6-4-14-30-22)16-24-23(27)19-7-8-20-18(15-19)5-3-11-26(20)31(2,28)29/h4,6-8,14-15,17,21H,3,5,9-13,16H2,1-2H3,(H,24,27)/t21-/m1/s1. The van der Waals surface area contributed by atoms with Crippen molar-refractivity contribution in [3.05, 3.63) is 51.7 Å². The van der Waals surface area contributed by atoms with E-state index < -0.39 is 10.0 Å². The average Bonchev–Trinajstić information content (AvgIpc) is 3.28. The first kappa shape index (κ1) is 22.3. The third-order valence-electron chi connectivity index (χ3n) is 6.40. The number of nitrogens with zero attached hydrogens (tertiary/aromatic N) is 2. The maximum Gasteiger partial charge on any atom is 0.251 e. The Morgan fingerprint density at radius 3 is 2.68 bits per heavy atom. The first-order chi connectivity index (χ1) is 14.8. The van der Waals surface area contributed by atoms with Crippen molar-refractivity contribution in [1.82, 2.24) is 10.2 Å². The van der Waals surface area contributed by atoms with E-state index in [0.717, 1.165) is 37.4 Å². The van der Waals surface area contributed by atoms with E-state index in [1.165, 1.54) is 28.3 Å². The molecule has 2 aliphatic rings. The van der Waals surface area contributed by atoms with Gasteiger partial charge in [-0.3, -0.25) is 14.0 Å². The minimum Gasteiger partial charge on any atom is -0.350 e. The van der Waals surface area contributed by atoms with Crippen LogP contribution in [0.4, 0.5) is 5.69 Å². The second-order valence-corrected chi connectivity index (χ2v) is 11.6. The van der Waals surface area contributed by atoms with Gasteiger partial charge in [0, 0.05) is 23.5 Å². The summed E-state index contributed by atoms with van der Waals surface area (Å²) >= 11 is 1.74. The molecule has 3 heterocycles. The van der Waals surface area contributed by atoms with Gasteiger partial charge in [0.2, 0.25) is 10.0 Å². The highest BCUT2D eigenvalue weighted by Gasteiger charge is 2.27. The molecule has 0 spiro atoms. The van der Waals surface area contributed by atoms with Gasteiger partial charge in [-0.15, -0.1) is 11.3 Å². The molecule has 1 fully saturated rings. The van der Waals surface area contributed by atoms with Crippen molar-refractivity contribution in [2.75, 3.05) is 36.7 Å². The number of hydrogen-bond donors (Lipinski definition) is 1. The molecule has 2 aliphatic heterocycles. The molecule has 0 aliphatic carbocycles. The van der Waals surface area contributed by atoms with E-state index in [-0.39, 0.29) is 11.9 Å². The molecule has 0 unspecified atom stereocenters. The SMILES string of the molecule is CC1CCN([C@H](CNC(=O)c2ccc3c(c2)CCCN3S(C)(=O)=O)c2cccs2)CC1. The molecule has 6 nitrogen and oxygen atoms in total. The zero-order chi connectivity index (χ0) is 22.0. The van der Waals surface area contributed by atoms with E-state index in [1.54, 1.807) is 23.5 Å². The van der Waals surface area contributed by atoms with E-state index in [2.05, 4.69) is 34.7 Å². The lowest BCUT2D eigenvalue weighted by Crippen LogP contribution is -2.41. The second-order valence-electron chi connectivity index (χ2n) is 8.74. The number of benzene rings is 1. The number of sulfonamides is 1. The number of rotatable bonds is 6. The van der Waals surface area contributed by atoms with Gasteiger partial charge in [-0.2, -0.15) is 0 Å². The normalized spacial score (nSPS) is 19.1. The summed E-state index contributed by atoms with van der Waals surface area (Å²) in [6, 6.07) is 9.77. The summed E-state index contributed by atoms with van der Waals surface area (Å²) in [5.41, 5.74) is 2.21. The lowest BCUT2D eigenvalue weighted by molar-refractivity contribution is 0.0915. The van der Waals surface area contributed by atoms with Crippen LogP contribution in [-0.4, -0.2) is 51.7 Å². The molecular formula is C23H31N3O3S2. The Hall–Kier alpha value is -1.90. The van der Waals surface area contributed by atoms with Gasteiger partial charge in [0.05, 0.1) is 18.0 Å². The topological polar surface area (TPSA) is 69.7 Å². The molecule has 31 heavy (non-hydrogen) atoms. The Balaban J connectivity index is 1.47. The smallest absolute Gasteiger partial charge is 0.251 e. The quantitative estimate of drug-likeness (QED) is 0.713. The molecule has 1 aromatic heterocycles. The number of nitrogens with one attached hydrogen (secondary N) is 1. The summed E-state index contributed by atoms with van der Waals surface area (Å²) in [5, 5.41) is 5.23. The van der Waals surface area contributed by atoms with Crippen LogP contribution in [0.1, 0.15) is 53.0 Å². The van der Waals surface area contributed by atoms with Crippen LogP contribution in [-0.2, 0) is 16.4 Å². The maximum atomic E-state index is 13.0. The van der Waals surface area contributed by atoms with Crippen molar-refractivity contribution in [3.63, 3.8) is 0 Å². The van der Waals surface area contributed by atoms with E-state index in [4.69, 9.17) is 0 Å². The highest BCUT2D eigenvalue weighted by atomic mass is 32.2. The summed E-state index contributed by atoms with van der Waals surface area (Å²) in [6.45, 7) is 5.48. The minimum absolute atomic E-state index is 0.105. The van der Waals surface area contributed by atoms with Gasteiger partial charge in [0.15, 0.2) is 0 Å². The molecule has 0 radical (unpaired) electrons. The first-order valence-electron chi connectivity index (χ1n) is 11.0. The van der Waals surface area contributed by atoms with Crippen LogP contribution in [0.3, 0.4) is 0 Å². The van der Waals surface area contributed by atoms with Crippen LogP contribution < -0.4 is 9.62 Å². The lowest BCUT2D eigenvalue weighted by atomic mass is 9.97. The third kappa shape index (κ3) is 5.13. The van der Waals surface area contributed by atoms with Gasteiger partial charge < -0.3 is 5.32 Å². The van der Waals surface area contributed by atoms with Gasteiger partial charge >= 0.3 is 0 Å². The molecule has 0 bridgehead atoms. The first-order valence-corrected chi connectivity index (χ1v) is 13.7. The Morgan fingerprint density at radius 1 is 1.23 bits per heavy atom. The highest BCUT2D eigenvalue weighted by Crippen LogP contribution is 2.31. The van der Waals surface area contributed by atoms with Crippen LogP contribution in [0.5, 0.6) is 0 Å². The van der Waals surface area contributed by atoms with Crippen LogP contribution >= 0.6 is 11.3 Å². The number of piperidine rings is 1. The monoisotopic (exact) mass is 461 g/mol. The van der Waals surface area contributed by atoms with Crippen LogP contribution in [0.15, 0.2) is 35.7 Å². The summed E-state index contributed by atoms with van der Waals surface area (Å²) in [7, 11) is -3.31. The molecule has 8 heteroatoms. The summed E-state index contributed by atoms with van der Waals surface area (Å²) < 4.78 is 25.6. The predicted molar refractivity (Wildman–Crippen MR) is 126 cm³/mol. The zero-order valence-electron chi connectivity index (χ0n) is 18.2. The summed E-state index contributed by atoms with van der Waals surface area (Å²) in [6.07, 6.45) is 5.16. The van der Waals surface area contributed by atoms with Crippen molar-refractivity contribution in [1.29, 1.82) is 0 Å². The Morgan fingerprint density at radius 2 is 2.00 bits per heavy atom. The molecule has 1 N–H and O–H groups in total. The molecule has 4 rings (SSSR count). The van der Waals surface area contributed by atoms with E-state index >= 15 is 0 Å². The van der Waals surface area contributed by atoms with Gasteiger partial charge in [-0.05, 0) is 79.9 Å². The van der Waals surface area contributed by atoms with Crippen LogP contribution in [0, 0.1) is 5.92 Å². The van der Waals surface area contributed by atoms with Crippen molar-refractivity contribution in [2.45, 2.75) is 38.6 Å². The number of aryl methyl sites for hydroxylation is 1. The molecule has 1 amide bonds. The molecule has 1 saturated heterocycles. The fourth-order valence-corrected chi connectivity index (χ4v) is 6.43. The van der Waals surface area contributed by atoms with Crippen molar-refractivity contribution in [2.24, 2.45) is 5.92 Å². The highest BCUT2D eigenvalue weighted by molar-refractivity contribution is 7.92. The fraction of sp³-hybridized carbons (Fsp3) is 0.522. The maximum absolute atomic E-state index is 13.0. The molecule has 1 atom stereocenters. The Bertz CT molecular complexity index is 1010. The number of amides is 1. The molecule has 2 aromatic rings. The van der Waals surface area contributed by atoms with Gasteiger partial charge in [-0.25, -0.2) is 8.42 Å². The van der Waals surface area contributed by atoms with Gasteiger partial charge in [-0.1, -0.05) is 13.0 Å². The van der Waals surface area contributed by atoms with E-state index in [1.807, 2.05) is 6.07 Å². The van der Waals surface area contributed by atoms with Crippen molar-refractivity contribution in [3.8, 4) is 0 Å². The van der Waals surface area contributed by atoms with Gasteiger partial charge in [0.25, 0.3) is 5.91 Å². The largest absolute Gasteiger partial charge is 0.350 e. The lowest BCUT2D eigenvalue weighted by Gasteiger charge is -2.36. The van der Waals surface area contributed by atoms with E-state index in [0.29, 0.717) is 24.3 Å². The van der Waals surface area contributed by atoms with E-state index in [9.17, 15) is 13.2 Å². The minimum atomic E-state index is -3.31. The summed E-state index contributed by atoms with van der Waals surface area (Å²) in [4.78, 5) is 16.7. The molecular weight excluding hydrogens is 430 g/mol. The number of likely N-dealkylation sites (tertiary alicyclic amines) is 1. The van der Waals surface area contributed by atoms with Crippen molar-refractivity contribution < 1.29 is 13.2 Å². The molecule has 0 saturated carbocycles. The number of carbonyl (C=O) groups is 1. The van der Waals surface area contributed by atoms with Crippen molar-refractivity contribution >= 4 is 33.0 Å². The number of anilines is 1.